The van der Waals surface area contributed by atoms with E-state index in [9.17, 15) is 13.2 Å². The van der Waals surface area contributed by atoms with Crippen LogP contribution in [0.4, 0.5) is 13.2 Å². The van der Waals surface area contributed by atoms with Crippen LogP contribution in [0.15, 0.2) is 48.5 Å². The minimum absolute atomic E-state index is 0.239. The highest BCUT2D eigenvalue weighted by atomic mass is 31.1. The summed E-state index contributed by atoms with van der Waals surface area (Å²) >= 11 is 0. The molecule has 0 radical (unpaired) electrons. The van der Waals surface area contributed by atoms with Gasteiger partial charge in [-0.3, -0.25) is 0 Å². The number of benzene rings is 2. The van der Waals surface area contributed by atoms with Crippen molar-refractivity contribution in [2.45, 2.75) is 5.92 Å². The van der Waals surface area contributed by atoms with Crippen molar-refractivity contribution >= 4 is 18.5 Å². The summed E-state index contributed by atoms with van der Waals surface area (Å²) in [6, 6.07) is 12.0. The fourth-order valence-electron chi connectivity index (χ4n) is 1.90. The van der Waals surface area contributed by atoms with Gasteiger partial charge in [0.25, 0.3) is 0 Å². The van der Waals surface area contributed by atoms with Crippen LogP contribution >= 0.6 is 7.92 Å². The number of rotatable bonds is 4. The third-order valence-corrected chi connectivity index (χ3v) is 5.05. The van der Waals surface area contributed by atoms with Crippen LogP contribution in [0.1, 0.15) is 0 Å². The van der Waals surface area contributed by atoms with E-state index in [1.54, 1.807) is 24.3 Å². The quantitative estimate of drug-likeness (QED) is 0.802. The van der Waals surface area contributed by atoms with Crippen molar-refractivity contribution in [1.29, 1.82) is 0 Å². The van der Waals surface area contributed by atoms with Gasteiger partial charge >= 0.3 is 5.92 Å². The fraction of sp³-hybridized carbons (Fsp3) is 0.200. The Balaban J connectivity index is 2.41. The normalized spacial score (nSPS) is 11.5. The van der Waals surface area contributed by atoms with Crippen molar-refractivity contribution < 1.29 is 22.6 Å². The van der Waals surface area contributed by atoms with Gasteiger partial charge in [-0.1, -0.05) is 24.3 Å². The summed E-state index contributed by atoms with van der Waals surface area (Å²) in [5, 5.41) is 0.479. The molecule has 2 aromatic carbocycles. The molecule has 2 aromatic rings. The molecule has 0 aromatic heterocycles. The average molecular weight is 314 g/mol. The van der Waals surface area contributed by atoms with Gasteiger partial charge in [0.15, 0.2) is 0 Å². The Morgan fingerprint density at radius 1 is 0.714 bits per heavy atom. The zero-order valence-corrected chi connectivity index (χ0v) is 12.4. The zero-order chi connectivity index (χ0) is 15.5. The molecule has 0 bridgehead atoms. The average Bonchev–Trinajstić information content (AvgIpc) is 2.47. The lowest BCUT2D eigenvalue weighted by Gasteiger charge is -2.21. The van der Waals surface area contributed by atoms with E-state index in [1.807, 2.05) is 0 Å². The van der Waals surface area contributed by atoms with Crippen LogP contribution in [-0.2, 0) is 0 Å². The van der Waals surface area contributed by atoms with Gasteiger partial charge in [-0.15, -0.1) is 0 Å². The molecule has 0 amide bonds. The van der Waals surface area contributed by atoms with Crippen molar-refractivity contribution in [1.82, 2.24) is 0 Å². The zero-order valence-electron chi connectivity index (χ0n) is 11.5. The van der Waals surface area contributed by atoms with Gasteiger partial charge in [-0.05, 0) is 34.9 Å². The molecular weight excluding hydrogens is 300 g/mol. The Hall–Kier alpha value is -1.74. The first-order chi connectivity index (χ1) is 9.95. The molecule has 0 fully saturated rings. The standard InChI is InChI=1S/C15H14F3O2P/c1-19-11-3-7-13(8-4-11)21(15(16,17)18)14-9-5-12(20-2)6-10-14/h3-10H,1-2H3. The van der Waals surface area contributed by atoms with E-state index >= 15 is 0 Å². The molecule has 0 unspecified atom stereocenters. The summed E-state index contributed by atoms with van der Waals surface area (Å²) in [6.45, 7) is 0. The van der Waals surface area contributed by atoms with E-state index < -0.39 is 13.8 Å². The second-order valence-electron chi connectivity index (χ2n) is 4.20. The second kappa shape index (κ2) is 6.35. The minimum Gasteiger partial charge on any atom is -0.497 e. The molecule has 21 heavy (non-hydrogen) atoms. The smallest absolute Gasteiger partial charge is 0.413 e. The van der Waals surface area contributed by atoms with Gasteiger partial charge in [0, 0.05) is 0 Å². The maximum atomic E-state index is 13.4. The van der Waals surface area contributed by atoms with Crippen molar-refractivity contribution in [2.24, 2.45) is 0 Å². The van der Waals surface area contributed by atoms with Crippen LogP contribution in [0.5, 0.6) is 11.5 Å². The lowest BCUT2D eigenvalue weighted by atomic mass is 10.3. The van der Waals surface area contributed by atoms with Crippen molar-refractivity contribution in [3.8, 4) is 11.5 Å². The summed E-state index contributed by atoms with van der Waals surface area (Å²) in [5.41, 5.74) is 0. The molecular formula is C15H14F3O2P. The summed E-state index contributed by atoms with van der Waals surface area (Å²) in [6.07, 6.45) is 0. The van der Waals surface area contributed by atoms with Crippen LogP contribution in [0.3, 0.4) is 0 Å². The maximum Gasteiger partial charge on any atom is 0.413 e. The molecule has 112 valence electrons. The van der Waals surface area contributed by atoms with Crippen LogP contribution in [-0.4, -0.2) is 20.1 Å². The summed E-state index contributed by atoms with van der Waals surface area (Å²) in [5.74, 6) is -3.24. The lowest BCUT2D eigenvalue weighted by molar-refractivity contribution is -0.0379. The highest BCUT2D eigenvalue weighted by Gasteiger charge is 2.41. The molecule has 2 rings (SSSR count). The van der Waals surface area contributed by atoms with E-state index in [-0.39, 0.29) is 10.6 Å². The number of ether oxygens (including phenoxy) is 2. The van der Waals surface area contributed by atoms with E-state index in [2.05, 4.69) is 0 Å². The number of halogens is 3. The van der Waals surface area contributed by atoms with Gasteiger partial charge in [-0.25, -0.2) is 0 Å². The summed E-state index contributed by atoms with van der Waals surface area (Å²) in [7, 11) is 0.517. The topological polar surface area (TPSA) is 18.5 Å². The predicted molar refractivity (Wildman–Crippen MR) is 78.2 cm³/mol. The third-order valence-electron chi connectivity index (χ3n) is 2.91. The first kappa shape index (κ1) is 15.6. The van der Waals surface area contributed by atoms with Crippen molar-refractivity contribution in [3.63, 3.8) is 0 Å². The summed E-state index contributed by atoms with van der Waals surface area (Å²) in [4.78, 5) is 0. The molecule has 0 aliphatic rings. The molecule has 2 nitrogen and oxygen atoms in total. The fourth-order valence-corrected chi connectivity index (χ4v) is 3.68. The Bertz CT molecular complexity index is 532. The van der Waals surface area contributed by atoms with Gasteiger partial charge < -0.3 is 9.47 Å². The first-order valence-corrected chi connectivity index (χ1v) is 7.45. The molecule has 0 N–H and O–H groups in total. The van der Waals surface area contributed by atoms with Crippen molar-refractivity contribution in [3.05, 3.63) is 48.5 Å². The van der Waals surface area contributed by atoms with Gasteiger partial charge in [-0.2, -0.15) is 13.2 Å². The van der Waals surface area contributed by atoms with E-state index in [0.717, 1.165) is 0 Å². The highest BCUT2D eigenvalue weighted by molar-refractivity contribution is 7.73. The third kappa shape index (κ3) is 3.67. The Kier molecular flexibility index (Phi) is 4.73. The molecule has 0 aliphatic carbocycles. The highest BCUT2D eigenvalue weighted by Crippen LogP contribution is 2.51. The number of alkyl halides is 3. The van der Waals surface area contributed by atoms with Crippen LogP contribution in [0, 0.1) is 0 Å². The largest absolute Gasteiger partial charge is 0.497 e. The molecule has 0 saturated carbocycles. The Morgan fingerprint density at radius 2 is 1.05 bits per heavy atom. The number of hydrogen-bond donors (Lipinski definition) is 0. The van der Waals surface area contributed by atoms with E-state index in [4.69, 9.17) is 9.47 Å². The SMILES string of the molecule is COc1ccc(P(c2ccc(OC)cc2)C(F)(F)F)cc1. The molecule has 6 heteroatoms. The summed E-state index contributed by atoms with van der Waals surface area (Å²) < 4.78 is 50.2. The van der Waals surface area contributed by atoms with Gasteiger partial charge in [0.05, 0.1) is 22.1 Å². The molecule has 0 atom stereocenters. The van der Waals surface area contributed by atoms with Gasteiger partial charge in [0.1, 0.15) is 11.5 Å². The van der Waals surface area contributed by atoms with Gasteiger partial charge in [0.2, 0.25) is 0 Å². The maximum absolute atomic E-state index is 13.4. The monoisotopic (exact) mass is 314 g/mol. The van der Waals surface area contributed by atoms with Crippen LogP contribution in [0.25, 0.3) is 0 Å². The molecule has 0 heterocycles. The molecule has 0 spiro atoms. The Morgan fingerprint density at radius 3 is 1.29 bits per heavy atom. The molecule has 0 saturated heterocycles. The lowest BCUT2D eigenvalue weighted by Crippen LogP contribution is -2.23. The van der Waals surface area contributed by atoms with E-state index in [1.165, 1.54) is 38.5 Å². The minimum atomic E-state index is -4.31. The number of methoxy groups -OCH3 is 2. The van der Waals surface area contributed by atoms with E-state index in [0.29, 0.717) is 11.5 Å². The van der Waals surface area contributed by atoms with Crippen LogP contribution in [0.2, 0.25) is 0 Å². The molecule has 0 aliphatic heterocycles. The predicted octanol–water partition coefficient (Wildman–Crippen LogP) is 3.66. The van der Waals surface area contributed by atoms with Crippen molar-refractivity contribution in [2.75, 3.05) is 14.2 Å². The Labute approximate surface area is 122 Å². The first-order valence-electron chi connectivity index (χ1n) is 6.11. The second-order valence-corrected chi connectivity index (χ2v) is 6.41. The van der Waals surface area contributed by atoms with Crippen LogP contribution < -0.4 is 20.1 Å². The number of hydrogen-bond acceptors (Lipinski definition) is 2.